The largest absolute Gasteiger partial charge is 0.344 e. The second-order valence-electron chi connectivity index (χ2n) is 11.9. The maximum atomic E-state index is 13.6. The Morgan fingerprint density at radius 1 is 1.03 bits per heavy atom. The maximum absolute atomic E-state index is 13.6. The first-order chi connectivity index (χ1) is 15.2. The summed E-state index contributed by atoms with van der Waals surface area (Å²) in [7, 11) is 0. The zero-order chi connectivity index (χ0) is 24.9. The molecule has 3 unspecified atom stereocenters. The van der Waals surface area contributed by atoms with Gasteiger partial charge >= 0.3 is 0 Å². The molecule has 5 atom stereocenters. The summed E-state index contributed by atoms with van der Waals surface area (Å²) in [5.41, 5.74) is -0.624. The predicted molar refractivity (Wildman–Crippen MR) is 123 cm³/mol. The van der Waals surface area contributed by atoms with Gasteiger partial charge in [-0.1, -0.05) is 53.9 Å². The quantitative estimate of drug-likeness (QED) is 0.536. The van der Waals surface area contributed by atoms with Crippen molar-refractivity contribution >= 4 is 29.3 Å². The van der Waals surface area contributed by atoms with Crippen molar-refractivity contribution in [3.63, 3.8) is 0 Å². The number of fused-ring (bicyclic) bond motifs is 1. The number of carbonyl (C=O) groups is 5. The number of nitrogens with zero attached hydrogens (tertiary/aromatic N) is 1. The standard InChI is InChI=1S/C25H39N3O5/c1-13(29)20(31)17(11-15-9-8-10-15)27-22(32)19-18-16(25(18,6)7)12-28(19)23(33)21(24(3,4)5)26-14(2)30/h15-19,21H,8-12H2,1-7H3,(H,26,30)(H,27,32)/t16?,17?,18?,19-,21+/m0/s1. The molecule has 3 fully saturated rings. The van der Waals surface area contributed by atoms with Crippen molar-refractivity contribution in [2.45, 2.75) is 92.3 Å². The van der Waals surface area contributed by atoms with Crippen molar-refractivity contribution in [2.75, 3.05) is 6.54 Å². The van der Waals surface area contributed by atoms with Crippen LogP contribution in [0.3, 0.4) is 0 Å². The van der Waals surface area contributed by atoms with Crippen LogP contribution in [0.4, 0.5) is 0 Å². The van der Waals surface area contributed by atoms with Gasteiger partial charge in [-0.05, 0) is 35.0 Å². The minimum absolute atomic E-state index is 0.0174. The highest BCUT2D eigenvalue weighted by Gasteiger charge is 2.69. The van der Waals surface area contributed by atoms with Gasteiger partial charge in [-0.25, -0.2) is 0 Å². The van der Waals surface area contributed by atoms with Crippen LogP contribution in [0.15, 0.2) is 0 Å². The molecular weight excluding hydrogens is 422 g/mol. The van der Waals surface area contributed by atoms with Gasteiger partial charge in [0.25, 0.3) is 0 Å². The first-order valence-corrected chi connectivity index (χ1v) is 12.1. The molecular formula is C25H39N3O5. The van der Waals surface area contributed by atoms with Gasteiger partial charge in [-0.2, -0.15) is 0 Å². The minimum Gasteiger partial charge on any atom is -0.344 e. The number of amides is 3. The molecule has 0 aromatic rings. The van der Waals surface area contributed by atoms with Crippen LogP contribution >= 0.6 is 0 Å². The van der Waals surface area contributed by atoms with E-state index in [1.165, 1.54) is 13.8 Å². The fraction of sp³-hybridized carbons (Fsp3) is 0.800. The van der Waals surface area contributed by atoms with Gasteiger partial charge in [0.2, 0.25) is 23.5 Å². The number of Topliss-reactive ketones (excluding diaryl/α,β-unsaturated/α-hetero) is 2. The molecule has 8 nitrogen and oxygen atoms in total. The molecule has 8 heteroatoms. The van der Waals surface area contributed by atoms with Gasteiger partial charge < -0.3 is 15.5 Å². The number of carbonyl (C=O) groups excluding carboxylic acids is 5. The Balaban J connectivity index is 1.84. The average Bonchev–Trinajstić information content (AvgIpc) is 3.01. The third kappa shape index (κ3) is 4.99. The van der Waals surface area contributed by atoms with E-state index in [1.807, 2.05) is 20.8 Å². The highest BCUT2D eigenvalue weighted by Crippen LogP contribution is 2.65. The Morgan fingerprint density at radius 3 is 2.09 bits per heavy atom. The van der Waals surface area contributed by atoms with E-state index in [1.54, 1.807) is 4.90 Å². The minimum atomic E-state index is -0.855. The van der Waals surface area contributed by atoms with Gasteiger partial charge in [-0.15, -0.1) is 0 Å². The van der Waals surface area contributed by atoms with Crippen LogP contribution in [0.2, 0.25) is 0 Å². The zero-order valence-electron chi connectivity index (χ0n) is 21.0. The van der Waals surface area contributed by atoms with Gasteiger partial charge in [-0.3, -0.25) is 24.0 Å². The summed E-state index contributed by atoms with van der Waals surface area (Å²) >= 11 is 0. The number of ketones is 2. The van der Waals surface area contributed by atoms with Gasteiger partial charge in [0.05, 0.1) is 6.04 Å². The third-order valence-electron chi connectivity index (χ3n) is 7.99. The van der Waals surface area contributed by atoms with Crippen molar-refractivity contribution < 1.29 is 24.0 Å². The second-order valence-corrected chi connectivity index (χ2v) is 11.9. The molecule has 3 aliphatic rings. The Morgan fingerprint density at radius 2 is 1.64 bits per heavy atom. The average molecular weight is 462 g/mol. The second kappa shape index (κ2) is 8.84. The lowest BCUT2D eigenvalue weighted by Gasteiger charge is -2.38. The molecule has 0 aromatic carbocycles. The summed E-state index contributed by atoms with van der Waals surface area (Å²) in [6, 6.07) is -2.35. The maximum Gasteiger partial charge on any atom is 0.246 e. The van der Waals surface area contributed by atoms with E-state index in [-0.39, 0.29) is 35.0 Å². The van der Waals surface area contributed by atoms with E-state index < -0.39 is 35.1 Å². The Bertz CT molecular complexity index is 855. The Kier molecular flexibility index (Phi) is 6.80. The number of hydrogen-bond acceptors (Lipinski definition) is 5. The lowest BCUT2D eigenvalue weighted by Crippen LogP contribution is -2.60. The number of rotatable bonds is 8. The lowest BCUT2D eigenvalue weighted by molar-refractivity contribution is -0.146. The van der Waals surface area contributed by atoms with E-state index in [2.05, 4.69) is 24.5 Å². The summed E-state index contributed by atoms with van der Waals surface area (Å²) in [4.78, 5) is 64.9. The molecule has 2 saturated carbocycles. The van der Waals surface area contributed by atoms with Crippen molar-refractivity contribution in [3.8, 4) is 0 Å². The topological polar surface area (TPSA) is 113 Å². The van der Waals surface area contributed by atoms with Gasteiger partial charge in [0.1, 0.15) is 12.1 Å². The monoisotopic (exact) mass is 461 g/mol. The van der Waals surface area contributed by atoms with E-state index in [4.69, 9.17) is 0 Å². The molecule has 0 spiro atoms. The van der Waals surface area contributed by atoms with E-state index in [0.717, 1.165) is 19.3 Å². The van der Waals surface area contributed by atoms with Crippen LogP contribution in [-0.4, -0.2) is 58.9 Å². The van der Waals surface area contributed by atoms with Crippen molar-refractivity contribution in [1.29, 1.82) is 0 Å². The molecule has 2 aliphatic carbocycles. The molecule has 1 saturated heterocycles. The van der Waals surface area contributed by atoms with Crippen LogP contribution in [0.25, 0.3) is 0 Å². The van der Waals surface area contributed by atoms with Crippen LogP contribution in [-0.2, 0) is 24.0 Å². The van der Waals surface area contributed by atoms with Crippen LogP contribution in [0, 0.1) is 28.6 Å². The zero-order valence-corrected chi connectivity index (χ0v) is 21.0. The number of hydrogen-bond donors (Lipinski definition) is 2. The molecule has 3 rings (SSSR count). The summed E-state index contributed by atoms with van der Waals surface area (Å²) in [5, 5.41) is 5.61. The highest BCUT2D eigenvalue weighted by atomic mass is 16.2. The Hall–Kier alpha value is -2.25. The number of piperidine rings is 1. The van der Waals surface area contributed by atoms with Crippen LogP contribution in [0.5, 0.6) is 0 Å². The summed E-state index contributed by atoms with van der Waals surface area (Å²) < 4.78 is 0. The Labute approximate surface area is 196 Å². The fourth-order valence-electron chi connectivity index (χ4n) is 5.63. The highest BCUT2D eigenvalue weighted by molar-refractivity contribution is 6.38. The summed E-state index contributed by atoms with van der Waals surface area (Å²) in [6.45, 7) is 12.9. The van der Waals surface area contributed by atoms with E-state index in [9.17, 15) is 24.0 Å². The molecule has 3 amide bonds. The van der Waals surface area contributed by atoms with Crippen LogP contribution in [0.1, 0.15) is 74.1 Å². The normalized spacial score (nSPS) is 27.6. The molecule has 0 aromatic heterocycles. The van der Waals surface area contributed by atoms with Crippen molar-refractivity contribution in [2.24, 2.45) is 28.6 Å². The first-order valence-electron chi connectivity index (χ1n) is 12.1. The smallest absolute Gasteiger partial charge is 0.246 e. The lowest BCUT2D eigenvalue weighted by atomic mass is 9.79. The molecule has 2 N–H and O–H groups in total. The third-order valence-corrected chi connectivity index (χ3v) is 7.99. The molecule has 1 aliphatic heterocycles. The fourth-order valence-corrected chi connectivity index (χ4v) is 5.63. The SMILES string of the molecule is CC(=O)N[C@H](C(=O)N1CC2C([C@H]1C(=O)NC(CC1CCC1)C(=O)C(C)=O)C2(C)C)C(C)(C)C. The van der Waals surface area contributed by atoms with Gasteiger partial charge in [0.15, 0.2) is 5.78 Å². The van der Waals surface area contributed by atoms with Crippen molar-refractivity contribution in [1.82, 2.24) is 15.5 Å². The van der Waals surface area contributed by atoms with Crippen molar-refractivity contribution in [3.05, 3.63) is 0 Å². The molecule has 1 heterocycles. The first kappa shape index (κ1) is 25.4. The molecule has 0 radical (unpaired) electrons. The van der Waals surface area contributed by atoms with Gasteiger partial charge in [0, 0.05) is 20.4 Å². The molecule has 184 valence electrons. The number of nitrogens with one attached hydrogen (secondary N) is 2. The molecule has 0 bridgehead atoms. The van der Waals surface area contributed by atoms with Crippen LogP contribution < -0.4 is 10.6 Å². The number of likely N-dealkylation sites (tertiary alicyclic amines) is 1. The predicted octanol–water partition coefficient (Wildman–Crippen LogP) is 1.85. The summed E-state index contributed by atoms with van der Waals surface area (Å²) in [5.74, 6) is -1.62. The molecule has 33 heavy (non-hydrogen) atoms. The van der Waals surface area contributed by atoms with E-state index >= 15 is 0 Å². The summed E-state index contributed by atoms with van der Waals surface area (Å²) in [6.07, 6.45) is 3.54. The van der Waals surface area contributed by atoms with E-state index in [0.29, 0.717) is 18.9 Å².